The number of hydrazine groups is 1. The standard InChI is InChI=1S/C14H12FN5/c15-9-4-5-11-10(7-9)14(12-3-1-2-6-17-12)18-8-13(19-11)20-16/h1-7H,8,16H2,(H,19,20). The van der Waals surface area contributed by atoms with Crippen LogP contribution < -0.4 is 11.3 Å². The number of rotatable bonds is 1. The molecule has 1 aromatic carbocycles. The molecule has 0 aliphatic carbocycles. The van der Waals surface area contributed by atoms with Crippen molar-refractivity contribution in [2.75, 3.05) is 6.54 Å². The summed E-state index contributed by atoms with van der Waals surface area (Å²) in [6, 6.07) is 9.87. The molecular weight excluding hydrogens is 257 g/mol. The molecular formula is C14H12FN5. The van der Waals surface area contributed by atoms with E-state index in [1.165, 1.54) is 12.1 Å². The zero-order chi connectivity index (χ0) is 13.9. The summed E-state index contributed by atoms with van der Waals surface area (Å²) < 4.78 is 13.5. The van der Waals surface area contributed by atoms with Crippen molar-refractivity contribution in [3.05, 3.63) is 59.7 Å². The van der Waals surface area contributed by atoms with E-state index < -0.39 is 0 Å². The number of fused-ring (bicyclic) bond motifs is 1. The van der Waals surface area contributed by atoms with Gasteiger partial charge < -0.3 is 5.43 Å². The molecule has 1 aliphatic heterocycles. The molecule has 100 valence electrons. The summed E-state index contributed by atoms with van der Waals surface area (Å²) in [6.45, 7) is 0.290. The highest BCUT2D eigenvalue weighted by Gasteiger charge is 2.17. The zero-order valence-corrected chi connectivity index (χ0v) is 10.5. The summed E-state index contributed by atoms with van der Waals surface area (Å²) in [5.41, 5.74) is 5.00. The van der Waals surface area contributed by atoms with Gasteiger partial charge in [-0.25, -0.2) is 15.2 Å². The quantitative estimate of drug-likeness (QED) is 0.609. The van der Waals surface area contributed by atoms with Crippen LogP contribution in [0.4, 0.5) is 10.1 Å². The van der Waals surface area contributed by atoms with E-state index in [1.807, 2.05) is 18.2 Å². The Balaban J connectivity index is 2.19. The third-order valence-corrected chi connectivity index (χ3v) is 2.93. The first-order valence-electron chi connectivity index (χ1n) is 6.08. The van der Waals surface area contributed by atoms with E-state index in [9.17, 15) is 4.39 Å². The Labute approximate surface area is 115 Å². The maximum atomic E-state index is 13.5. The lowest BCUT2D eigenvalue weighted by Gasteiger charge is -2.07. The number of aliphatic imine (C=N–C) groups is 2. The predicted octanol–water partition coefficient (Wildman–Crippen LogP) is 1.56. The Kier molecular flexibility index (Phi) is 3.22. The van der Waals surface area contributed by atoms with Crippen LogP contribution in [-0.2, 0) is 0 Å². The number of nitrogens with two attached hydrogens (primary N) is 1. The van der Waals surface area contributed by atoms with E-state index in [4.69, 9.17) is 5.84 Å². The monoisotopic (exact) mass is 269 g/mol. The van der Waals surface area contributed by atoms with Crippen molar-refractivity contribution in [2.45, 2.75) is 0 Å². The lowest BCUT2D eigenvalue weighted by Crippen LogP contribution is -2.32. The van der Waals surface area contributed by atoms with E-state index in [0.717, 1.165) is 0 Å². The van der Waals surface area contributed by atoms with Crippen molar-refractivity contribution in [3.8, 4) is 0 Å². The number of hydrogen-bond donors (Lipinski definition) is 2. The fraction of sp³-hybridized carbons (Fsp3) is 0.0714. The Hall–Kier alpha value is -2.60. The molecule has 2 heterocycles. The van der Waals surface area contributed by atoms with E-state index in [0.29, 0.717) is 35.0 Å². The molecule has 2 aromatic rings. The van der Waals surface area contributed by atoms with Crippen molar-refractivity contribution in [1.29, 1.82) is 0 Å². The number of nitrogens with zero attached hydrogens (tertiary/aromatic N) is 3. The SMILES string of the molecule is NNC1=Nc2ccc(F)cc2C(c2ccccn2)=NC1. The van der Waals surface area contributed by atoms with Gasteiger partial charge in [-0.3, -0.25) is 9.98 Å². The maximum Gasteiger partial charge on any atom is 0.138 e. The molecule has 0 unspecified atom stereocenters. The van der Waals surface area contributed by atoms with Gasteiger partial charge in [0.1, 0.15) is 11.7 Å². The lowest BCUT2D eigenvalue weighted by atomic mass is 10.0. The molecule has 0 saturated carbocycles. The summed E-state index contributed by atoms with van der Waals surface area (Å²) >= 11 is 0. The van der Waals surface area contributed by atoms with Gasteiger partial charge in [0.15, 0.2) is 0 Å². The van der Waals surface area contributed by atoms with Crippen LogP contribution in [0.2, 0.25) is 0 Å². The molecule has 5 nitrogen and oxygen atoms in total. The number of hydrogen-bond acceptors (Lipinski definition) is 5. The van der Waals surface area contributed by atoms with Crippen LogP contribution in [0.3, 0.4) is 0 Å². The van der Waals surface area contributed by atoms with Gasteiger partial charge in [0, 0.05) is 11.8 Å². The van der Waals surface area contributed by atoms with Crippen LogP contribution in [0.5, 0.6) is 0 Å². The Morgan fingerprint density at radius 1 is 1.20 bits per heavy atom. The number of halogens is 1. The fourth-order valence-electron chi connectivity index (χ4n) is 2.02. The van der Waals surface area contributed by atoms with E-state index >= 15 is 0 Å². The molecule has 0 fully saturated rings. The zero-order valence-electron chi connectivity index (χ0n) is 10.5. The highest BCUT2D eigenvalue weighted by molar-refractivity contribution is 6.16. The lowest BCUT2D eigenvalue weighted by molar-refractivity contribution is 0.627. The van der Waals surface area contributed by atoms with Crippen LogP contribution in [0.1, 0.15) is 11.3 Å². The van der Waals surface area contributed by atoms with Gasteiger partial charge in [-0.2, -0.15) is 0 Å². The summed E-state index contributed by atoms with van der Waals surface area (Å²) in [6.07, 6.45) is 1.67. The topological polar surface area (TPSA) is 75.7 Å². The largest absolute Gasteiger partial charge is 0.310 e. The minimum absolute atomic E-state index is 0.290. The summed E-state index contributed by atoms with van der Waals surface area (Å²) in [4.78, 5) is 13.1. The average molecular weight is 269 g/mol. The van der Waals surface area contributed by atoms with Crippen molar-refractivity contribution >= 4 is 17.2 Å². The summed E-state index contributed by atoms with van der Waals surface area (Å²) in [7, 11) is 0. The van der Waals surface area contributed by atoms with E-state index in [-0.39, 0.29) is 5.82 Å². The summed E-state index contributed by atoms with van der Waals surface area (Å²) in [5, 5.41) is 0. The second kappa shape index (κ2) is 5.18. The fourth-order valence-corrected chi connectivity index (χ4v) is 2.02. The predicted molar refractivity (Wildman–Crippen MR) is 75.6 cm³/mol. The van der Waals surface area contributed by atoms with Crippen LogP contribution in [0.25, 0.3) is 0 Å². The molecule has 6 heteroatoms. The van der Waals surface area contributed by atoms with Gasteiger partial charge in [0.2, 0.25) is 0 Å². The van der Waals surface area contributed by atoms with Gasteiger partial charge in [-0.05, 0) is 30.3 Å². The van der Waals surface area contributed by atoms with Crippen LogP contribution in [0, 0.1) is 5.82 Å². The highest BCUT2D eigenvalue weighted by atomic mass is 19.1. The molecule has 0 amide bonds. The van der Waals surface area contributed by atoms with Gasteiger partial charge in [0.25, 0.3) is 0 Å². The third kappa shape index (κ3) is 2.28. The number of amidine groups is 1. The molecule has 0 radical (unpaired) electrons. The second-order valence-electron chi connectivity index (χ2n) is 4.24. The Morgan fingerprint density at radius 3 is 2.85 bits per heavy atom. The molecule has 20 heavy (non-hydrogen) atoms. The number of benzene rings is 1. The van der Waals surface area contributed by atoms with Crippen LogP contribution in [0.15, 0.2) is 52.6 Å². The molecule has 0 atom stereocenters. The first-order chi connectivity index (χ1) is 9.78. The van der Waals surface area contributed by atoms with Crippen LogP contribution >= 0.6 is 0 Å². The first kappa shape index (κ1) is 12.4. The molecule has 0 bridgehead atoms. The highest BCUT2D eigenvalue weighted by Crippen LogP contribution is 2.25. The first-order valence-corrected chi connectivity index (χ1v) is 6.08. The second-order valence-corrected chi connectivity index (χ2v) is 4.24. The molecule has 1 aliphatic rings. The van der Waals surface area contributed by atoms with Crippen molar-refractivity contribution < 1.29 is 4.39 Å². The summed E-state index contributed by atoms with van der Waals surface area (Å²) in [5.74, 6) is 5.58. The van der Waals surface area contributed by atoms with Gasteiger partial charge in [-0.15, -0.1) is 0 Å². The number of nitrogens with one attached hydrogen (secondary N) is 1. The minimum Gasteiger partial charge on any atom is -0.310 e. The molecule has 3 rings (SSSR count). The number of pyridine rings is 1. The molecule has 1 aromatic heterocycles. The van der Waals surface area contributed by atoms with Crippen molar-refractivity contribution in [1.82, 2.24) is 10.4 Å². The Bertz CT molecular complexity index is 694. The van der Waals surface area contributed by atoms with E-state index in [1.54, 1.807) is 12.3 Å². The van der Waals surface area contributed by atoms with Gasteiger partial charge in [-0.1, -0.05) is 6.07 Å². The minimum atomic E-state index is -0.341. The molecule has 3 N–H and O–H groups in total. The van der Waals surface area contributed by atoms with E-state index in [2.05, 4.69) is 20.4 Å². The van der Waals surface area contributed by atoms with Crippen molar-refractivity contribution in [2.24, 2.45) is 15.8 Å². The molecule has 0 saturated heterocycles. The number of aromatic nitrogens is 1. The van der Waals surface area contributed by atoms with Gasteiger partial charge in [0.05, 0.1) is 23.6 Å². The average Bonchev–Trinajstić information content (AvgIpc) is 2.67. The van der Waals surface area contributed by atoms with Crippen molar-refractivity contribution in [3.63, 3.8) is 0 Å². The molecule has 0 spiro atoms. The smallest absolute Gasteiger partial charge is 0.138 e. The Morgan fingerprint density at radius 2 is 2.10 bits per heavy atom. The maximum absolute atomic E-state index is 13.5. The van der Waals surface area contributed by atoms with Crippen LogP contribution in [-0.4, -0.2) is 23.1 Å². The third-order valence-electron chi connectivity index (χ3n) is 2.93. The normalized spacial score (nSPS) is 13.9. The van der Waals surface area contributed by atoms with Gasteiger partial charge >= 0.3 is 0 Å².